The highest BCUT2D eigenvalue weighted by Crippen LogP contribution is 2.35. The Morgan fingerprint density at radius 2 is 2.00 bits per heavy atom. The lowest BCUT2D eigenvalue weighted by Crippen LogP contribution is -2.56. The van der Waals surface area contributed by atoms with E-state index in [9.17, 15) is 9.59 Å². The van der Waals surface area contributed by atoms with E-state index in [2.05, 4.69) is 5.32 Å². The SMILES string of the molecule is O=C(c1ccccc1)N1CCCC12CC=CCNC2=O. The lowest BCUT2D eigenvalue weighted by molar-refractivity contribution is -0.130. The maximum Gasteiger partial charge on any atom is 0.254 e. The second-order valence-electron chi connectivity index (χ2n) is 5.34. The number of carbonyl (C=O) groups excluding carboxylic acids is 2. The van der Waals surface area contributed by atoms with Crippen LogP contribution in [0.4, 0.5) is 0 Å². The largest absolute Gasteiger partial charge is 0.351 e. The number of rotatable bonds is 1. The summed E-state index contributed by atoms with van der Waals surface area (Å²) in [4.78, 5) is 26.9. The zero-order chi connectivity index (χ0) is 14.0. The van der Waals surface area contributed by atoms with Gasteiger partial charge in [-0.2, -0.15) is 0 Å². The van der Waals surface area contributed by atoms with Gasteiger partial charge in [-0.15, -0.1) is 0 Å². The summed E-state index contributed by atoms with van der Waals surface area (Å²) in [5.74, 6) is -0.0715. The summed E-state index contributed by atoms with van der Waals surface area (Å²) < 4.78 is 0. The van der Waals surface area contributed by atoms with Crippen LogP contribution in [-0.4, -0.2) is 35.3 Å². The first kappa shape index (κ1) is 12.9. The fourth-order valence-corrected chi connectivity index (χ4v) is 3.13. The Hall–Kier alpha value is -2.10. The molecule has 2 aliphatic rings. The number of nitrogens with zero attached hydrogens (tertiary/aromatic N) is 1. The van der Waals surface area contributed by atoms with Gasteiger partial charge in [0.15, 0.2) is 0 Å². The Morgan fingerprint density at radius 3 is 2.80 bits per heavy atom. The Kier molecular flexibility index (Phi) is 3.30. The number of hydrogen-bond donors (Lipinski definition) is 1. The summed E-state index contributed by atoms with van der Waals surface area (Å²) in [6.45, 7) is 1.20. The molecule has 1 fully saturated rings. The van der Waals surface area contributed by atoms with Crippen LogP contribution in [0.2, 0.25) is 0 Å². The molecular weight excluding hydrogens is 252 g/mol. The molecule has 0 bridgehead atoms. The molecule has 0 saturated carbocycles. The number of likely N-dealkylation sites (tertiary alicyclic amines) is 1. The first-order valence-corrected chi connectivity index (χ1v) is 7.04. The van der Waals surface area contributed by atoms with Gasteiger partial charge in [0, 0.05) is 18.7 Å². The van der Waals surface area contributed by atoms with Gasteiger partial charge in [-0.1, -0.05) is 30.4 Å². The number of nitrogens with one attached hydrogen (secondary N) is 1. The van der Waals surface area contributed by atoms with Gasteiger partial charge in [0.25, 0.3) is 5.91 Å². The molecule has 1 N–H and O–H groups in total. The Morgan fingerprint density at radius 1 is 1.20 bits per heavy atom. The molecule has 1 spiro atoms. The Labute approximate surface area is 118 Å². The predicted octanol–water partition coefficient (Wildman–Crippen LogP) is 1.74. The monoisotopic (exact) mass is 270 g/mol. The number of amides is 2. The molecule has 20 heavy (non-hydrogen) atoms. The summed E-state index contributed by atoms with van der Waals surface area (Å²) >= 11 is 0. The van der Waals surface area contributed by atoms with Crippen molar-refractivity contribution in [3.63, 3.8) is 0 Å². The number of hydrogen-bond acceptors (Lipinski definition) is 2. The van der Waals surface area contributed by atoms with E-state index >= 15 is 0 Å². The van der Waals surface area contributed by atoms with Crippen LogP contribution < -0.4 is 5.32 Å². The molecule has 3 rings (SSSR count). The highest BCUT2D eigenvalue weighted by Gasteiger charge is 2.49. The average molecular weight is 270 g/mol. The Bertz CT molecular complexity index is 553. The van der Waals surface area contributed by atoms with Crippen LogP contribution in [0.3, 0.4) is 0 Å². The predicted molar refractivity (Wildman–Crippen MR) is 76.2 cm³/mol. The summed E-state index contributed by atoms with van der Waals surface area (Å²) in [7, 11) is 0. The maximum absolute atomic E-state index is 12.7. The highest BCUT2D eigenvalue weighted by molar-refractivity contribution is 6.00. The summed E-state index contributed by atoms with van der Waals surface area (Å²) in [5, 5.41) is 2.89. The third-order valence-corrected chi connectivity index (χ3v) is 4.18. The van der Waals surface area contributed by atoms with E-state index in [4.69, 9.17) is 0 Å². The van der Waals surface area contributed by atoms with E-state index in [1.54, 1.807) is 17.0 Å². The Balaban J connectivity index is 1.94. The second-order valence-corrected chi connectivity index (χ2v) is 5.34. The van der Waals surface area contributed by atoms with Gasteiger partial charge in [-0.25, -0.2) is 0 Å². The van der Waals surface area contributed by atoms with Crippen molar-refractivity contribution in [3.8, 4) is 0 Å². The molecule has 1 saturated heterocycles. The molecule has 1 aromatic carbocycles. The van der Waals surface area contributed by atoms with E-state index in [0.29, 0.717) is 25.1 Å². The molecule has 1 aromatic rings. The van der Waals surface area contributed by atoms with Crippen LogP contribution in [0.25, 0.3) is 0 Å². The minimum atomic E-state index is -0.695. The fourth-order valence-electron chi connectivity index (χ4n) is 3.13. The zero-order valence-corrected chi connectivity index (χ0v) is 11.3. The lowest BCUT2D eigenvalue weighted by Gasteiger charge is -2.35. The topological polar surface area (TPSA) is 49.4 Å². The highest BCUT2D eigenvalue weighted by atomic mass is 16.2. The molecule has 104 valence electrons. The molecule has 1 atom stereocenters. The molecule has 2 aliphatic heterocycles. The molecule has 4 heteroatoms. The van der Waals surface area contributed by atoms with Crippen molar-refractivity contribution in [2.75, 3.05) is 13.1 Å². The second kappa shape index (κ2) is 5.12. The van der Waals surface area contributed by atoms with Crippen LogP contribution in [0.15, 0.2) is 42.5 Å². The van der Waals surface area contributed by atoms with Gasteiger partial charge in [0.2, 0.25) is 5.91 Å². The average Bonchev–Trinajstić information content (AvgIpc) is 2.82. The summed E-state index contributed by atoms with van der Waals surface area (Å²) in [6.07, 6.45) is 6.18. The molecule has 0 aromatic heterocycles. The molecule has 0 radical (unpaired) electrons. The molecule has 2 heterocycles. The zero-order valence-electron chi connectivity index (χ0n) is 11.3. The normalized spacial score (nSPS) is 25.6. The minimum absolute atomic E-state index is 0.0238. The van der Waals surface area contributed by atoms with Gasteiger partial charge < -0.3 is 10.2 Å². The third kappa shape index (κ3) is 2.01. The van der Waals surface area contributed by atoms with E-state index in [-0.39, 0.29) is 11.8 Å². The van der Waals surface area contributed by atoms with E-state index in [1.807, 2.05) is 30.4 Å². The molecule has 1 unspecified atom stereocenters. The minimum Gasteiger partial charge on any atom is -0.351 e. The quantitative estimate of drug-likeness (QED) is 0.790. The first-order chi connectivity index (χ1) is 9.74. The first-order valence-electron chi connectivity index (χ1n) is 7.04. The summed E-state index contributed by atoms with van der Waals surface area (Å²) in [5.41, 5.74) is -0.0466. The lowest BCUT2D eigenvalue weighted by atomic mass is 9.90. The van der Waals surface area contributed by atoms with Gasteiger partial charge in [-0.05, 0) is 31.4 Å². The van der Waals surface area contributed by atoms with Crippen LogP contribution in [0.1, 0.15) is 29.6 Å². The number of benzene rings is 1. The molecule has 4 nitrogen and oxygen atoms in total. The standard InChI is InChI=1S/C16H18N2O2/c19-14(13-7-2-1-3-8-13)18-12-6-10-16(18)9-4-5-11-17-15(16)20/h1-5,7-8H,6,9-12H2,(H,17,20). The molecule has 0 aliphatic carbocycles. The van der Waals surface area contributed by atoms with Gasteiger partial charge >= 0.3 is 0 Å². The smallest absolute Gasteiger partial charge is 0.254 e. The van der Waals surface area contributed by atoms with Gasteiger partial charge in [-0.3, -0.25) is 9.59 Å². The van der Waals surface area contributed by atoms with Crippen molar-refractivity contribution in [3.05, 3.63) is 48.0 Å². The van der Waals surface area contributed by atoms with Gasteiger partial charge in [0.05, 0.1) is 0 Å². The van der Waals surface area contributed by atoms with Crippen LogP contribution >= 0.6 is 0 Å². The van der Waals surface area contributed by atoms with Crippen LogP contribution in [0, 0.1) is 0 Å². The van der Waals surface area contributed by atoms with Crippen molar-refractivity contribution in [2.45, 2.75) is 24.8 Å². The molecule has 2 amide bonds. The van der Waals surface area contributed by atoms with Gasteiger partial charge in [0.1, 0.15) is 5.54 Å². The summed E-state index contributed by atoms with van der Waals surface area (Å²) in [6, 6.07) is 9.20. The van der Waals surface area contributed by atoms with E-state index < -0.39 is 5.54 Å². The van der Waals surface area contributed by atoms with E-state index in [0.717, 1.165) is 12.8 Å². The van der Waals surface area contributed by atoms with Crippen molar-refractivity contribution < 1.29 is 9.59 Å². The van der Waals surface area contributed by atoms with Crippen molar-refractivity contribution in [1.82, 2.24) is 10.2 Å². The van der Waals surface area contributed by atoms with Crippen LogP contribution in [-0.2, 0) is 4.79 Å². The van der Waals surface area contributed by atoms with Crippen molar-refractivity contribution >= 4 is 11.8 Å². The fraction of sp³-hybridized carbons (Fsp3) is 0.375. The molecular formula is C16H18N2O2. The third-order valence-electron chi connectivity index (χ3n) is 4.18. The van der Waals surface area contributed by atoms with Crippen LogP contribution in [0.5, 0.6) is 0 Å². The van der Waals surface area contributed by atoms with Crippen molar-refractivity contribution in [2.24, 2.45) is 0 Å². The number of carbonyl (C=O) groups is 2. The van der Waals surface area contributed by atoms with E-state index in [1.165, 1.54) is 0 Å². The maximum atomic E-state index is 12.7. The van der Waals surface area contributed by atoms with Crippen molar-refractivity contribution in [1.29, 1.82) is 0 Å².